The van der Waals surface area contributed by atoms with Crippen LogP contribution < -0.4 is 5.32 Å². The Morgan fingerprint density at radius 3 is 3.12 bits per heavy atom. The van der Waals surface area contributed by atoms with E-state index >= 15 is 0 Å². The van der Waals surface area contributed by atoms with Gasteiger partial charge in [0, 0.05) is 11.8 Å². The van der Waals surface area contributed by atoms with Gasteiger partial charge in [-0.1, -0.05) is 0 Å². The van der Waals surface area contributed by atoms with Crippen LogP contribution in [0.4, 0.5) is 0 Å². The Bertz CT molecular complexity index is 507. The molecule has 2 aromatic heterocycles. The van der Waals surface area contributed by atoms with Gasteiger partial charge in [0.25, 0.3) is 0 Å². The van der Waals surface area contributed by atoms with Gasteiger partial charge in [-0.05, 0) is 25.8 Å². The maximum Gasteiger partial charge on any atom is 0.181 e. The lowest BCUT2D eigenvalue weighted by Gasteiger charge is -2.14. The van der Waals surface area contributed by atoms with E-state index in [0.717, 1.165) is 27.9 Å². The minimum absolute atomic E-state index is 0.591. The van der Waals surface area contributed by atoms with E-state index in [1.807, 2.05) is 7.05 Å². The van der Waals surface area contributed by atoms with E-state index in [4.69, 9.17) is 0 Å². The van der Waals surface area contributed by atoms with Crippen LogP contribution in [-0.2, 0) is 0 Å². The third-order valence-corrected chi connectivity index (χ3v) is 4.26. The predicted molar refractivity (Wildman–Crippen MR) is 68.0 cm³/mol. The summed E-state index contributed by atoms with van der Waals surface area (Å²) in [6.07, 6.45) is 5.96. The monoisotopic (exact) mass is 249 g/mol. The first-order valence-corrected chi connectivity index (χ1v) is 6.81. The van der Waals surface area contributed by atoms with Crippen molar-refractivity contribution in [3.05, 3.63) is 12.7 Å². The summed E-state index contributed by atoms with van der Waals surface area (Å²) in [5.41, 5.74) is 1.69. The minimum Gasteiger partial charge on any atom is -0.341 e. The van der Waals surface area contributed by atoms with Gasteiger partial charge in [-0.15, -0.1) is 11.8 Å². The zero-order chi connectivity index (χ0) is 11.7. The van der Waals surface area contributed by atoms with Crippen molar-refractivity contribution in [3.8, 4) is 0 Å². The van der Waals surface area contributed by atoms with Gasteiger partial charge in [-0.25, -0.2) is 15.0 Å². The summed E-state index contributed by atoms with van der Waals surface area (Å²) in [6.45, 7) is 0. The van der Waals surface area contributed by atoms with Crippen LogP contribution in [0.15, 0.2) is 17.7 Å². The normalized spacial score (nSPS) is 17.5. The molecule has 2 heterocycles. The van der Waals surface area contributed by atoms with Crippen LogP contribution in [0.25, 0.3) is 11.2 Å². The molecule has 1 unspecified atom stereocenters. The van der Waals surface area contributed by atoms with Crippen LogP contribution in [0, 0.1) is 5.92 Å². The second kappa shape index (κ2) is 4.62. The van der Waals surface area contributed by atoms with Crippen molar-refractivity contribution in [2.75, 3.05) is 12.8 Å². The summed E-state index contributed by atoms with van der Waals surface area (Å²) in [5, 5.41) is 4.38. The van der Waals surface area contributed by atoms with Crippen molar-refractivity contribution in [1.82, 2.24) is 25.3 Å². The van der Waals surface area contributed by atoms with E-state index in [9.17, 15) is 0 Å². The van der Waals surface area contributed by atoms with E-state index in [1.54, 1.807) is 24.4 Å². The molecule has 0 amide bonds. The van der Waals surface area contributed by atoms with Gasteiger partial charge in [0.05, 0.1) is 6.33 Å². The molecular weight excluding hydrogens is 234 g/mol. The lowest BCUT2D eigenvalue weighted by atomic mass is 10.2. The molecule has 0 bridgehead atoms. The Morgan fingerprint density at radius 1 is 1.47 bits per heavy atom. The molecule has 0 aliphatic heterocycles. The average molecular weight is 249 g/mol. The third kappa shape index (κ3) is 2.28. The maximum absolute atomic E-state index is 4.32. The van der Waals surface area contributed by atoms with Crippen molar-refractivity contribution >= 4 is 22.9 Å². The van der Waals surface area contributed by atoms with Gasteiger partial charge < -0.3 is 10.3 Å². The largest absolute Gasteiger partial charge is 0.341 e. The highest BCUT2D eigenvalue weighted by Crippen LogP contribution is 2.35. The Morgan fingerprint density at radius 2 is 2.35 bits per heavy atom. The van der Waals surface area contributed by atoms with Crippen LogP contribution in [0.2, 0.25) is 0 Å². The molecule has 0 saturated heterocycles. The number of hydrogen-bond acceptors (Lipinski definition) is 5. The first kappa shape index (κ1) is 11.0. The van der Waals surface area contributed by atoms with Gasteiger partial charge >= 0.3 is 0 Å². The Labute approximate surface area is 104 Å². The number of hydrogen-bond donors (Lipinski definition) is 2. The molecular formula is C11H15N5S. The molecule has 5 nitrogen and oxygen atoms in total. The Kier molecular flexibility index (Phi) is 2.98. The van der Waals surface area contributed by atoms with Crippen LogP contribution >= 0.6 is 11.8 Å². The van der Waals surface area contributed by atoms with Crippen molar-refractivity contribution in [1.29, 1.82) is 0 Å². The second-order valence-corrected chi connectivity index (χ2v) is 5.33. The zero-order valence-corrected chi connectivity index (χ0v) is 10.5. The summed E-state index contributed by atoms with van der Waals surface area (Å²) in [4.78, 5) is 15.7. The number of imidazole rings is 1. The second-order valence-electron chi connectivity index (χ2n) is 4.32. The molecule has 17 heavy (non-hydrogen) atoms. The molecule has 1 fully saturated rings. The van der Waals surface area contributed by atoms with Gasteiger partial charge in [0.15, 0.2) is 5.65 Å². The number of thioether (sulfide) groups is 1. The number of aromatic amines is 1. The molecule has 1 atom stereocenters. The lowest BCUT2D eigenvalue weighted by Crippen LogP contribution is -2.29. The van der Waals surface area contributed by atoms with E-state index in [2.05, 4.69) is 25.3 Å². The summed E-state index contributed by atoms with van der Waals surface area (Å²) >= 11 is 1.77. The van der Waals surface area contributed by atoms with Crippen LogP contribution in [0.5, 0.6) is 0 Å². The standard InChI is InChI=1S/C11H15N5S/c1-12-8(7-2-3-7)4-17-11-9-10(14-5-13-9)15-6-16-11/h5-8,12H,2-4H2,1H3,(H,13,14,15,16). The van der Waals surface area contributed by atoms with Crippen LogP contribution in [0.3, 0.4) is 0 Å². The molecule has 6 heteroatoms. The molecule has 1 saturated carbocycles. The average Bonchev–Trinajstić information content (AvgIpc) is 3.07. The van der Waals surface area contributed by atoms with E-state index < -0.39 is 0 Å². The first-order valence-electron chi connectivity index (χ1n) is 5.82. The number of fused-ring (bicyclic) bond motifs is 1. The first-order chi connectivity index (χ1) is 8.38. The Hall–Kier alpha value is -1.14. The van der Waals surface area contributed by atoms with Crippen LogP contribution in [-0.4, -0.2) is 38.8 Å². The molecule has 1 aliphatic rings. The number of nitrogens with zero attached hydrogens (tertiary/aromatic N) is 3. The molecule has 0 spiro atoms. The molecule has 3 rings (SSSR count). The van der Waals surface area contributed by atoms with E-state index in [0.29, 0.717) is 6.04 Å². The fraction of sp³-hybridized carbons (Fsp3) is 0.545. The van der Waals surface area contributed by atoms with Crippen molar-refractivity contribution in [2.24, 2.45) is 5.92 Å². The number of H-pyrrole nitrogens is 1. The molecule has 1 aliphatic carbocycles. The molecule has 0 aromatic carbocycles. The highest BCUT2D eigenvalue weighted by atomic mass is 32.2. The highest BCUT2D eigenvalue weighted by molar-refractivity contribution is 7.99. The summed E-state index contributed by atoms with van der Waals surface area (Å²) in [5.74, 6) is 1.90. The van der Waals surface area contributed by atoms with Crippen molar-refractivity contribution in [3.63, 3.8) is 0 Å². The fourth-order valence-corrected chi connectivity index (χ4v) is 3.17. The number of nitrogens with one attached hydrogen (secondary N) is 2. The fourth-order valence-electron chi connectivity index (χ4n) is 1.97. The lowest BCUT2D eigenvalue weighted by molar-refractivity contribution is 0.553. The van der Waals surface area contributed by atoms with Crippen LogP contribution in [0.1, 0.15) is 12.8 Å². The van der Waals surface area contributed by atoms with E-state index in [1.165, 1.54) is 12.8 Å². The van der Waals surface area contributed by atoms with Crippen molar-refractivity contribution < 1.29 is 0 Å². The minimum atomic E-state index is 0.591. The number of rotatable bonds is 5. The smallest absolute Gasteiger partial charge is 0.181 e. The molecule has 90 valence electrons. The Balaban J connectivity index is 1.73. The zero-order valence-electron chi connectivity index (χ0n) is 9.68. The third-order valence-electron chi connectivity index (χ3n) is 3.15. The number of aromatic nitrogens is 4. The summed E-state index contributed by atoms with van der Waals surface area (Å²) in [7, 11) is 2.04. The quantitative estimate of drug-likeness (QED) is 0.620. The molecule has 2 N–H and O–H groups in total. The van der Waals surface area contributed by atoms with Gasteiger partial charge in [0.1, 0.15) is 16.9 Å². The van der Waals surface area contributed by atoms with E-state index in [-0.39, 0.29) is 0 Å². The van der Waals surface area contributed by atoms with Gasteiger partial charge in [-0.2, -0.15) is 0 Å². The maximum atomic E-state index is 4.32. The topological polar surface area (TPSA) is 66.5 Å². The molecule has 2 aromatic rings. The summed E-state index contributed by atoms with van der Waals surface area (Å²) < 4.78 is 0. The van der Waals surface area contributed by atoms with Crippen molar-refractivity contribution in [2.45, 2.75) is 23.9 Å². The molecule has 0 radical (unpaired) electrons. The highest BCUT2D eigenvalue weighted by Gasteiger charge is 2.30. The van der Waals surface area contributed by atoms with Gasteiger partial charge in [0.2, 0.25) is 0 Å². The summed E-state index contributed by atoms with van der Waals surface area (Å²) in [6, 6.07) is 0.591. The van der Waals surface area contributed by atoms with Gasteiger partial charge in [-0.3, -0.25) is 0 Å². The SMILES string of the molecule is CNC(CSc1ncnc2nc[nH]c12)C1CC1. The predicted octanol–water partition coefficient (Wildman–Crippen LogP) is 1.44.